The molecule has 1 aliphatic carbocycles. The minimum atomic E-state index is -3.77. The molecule has 2 fully saturated rings. The number of sulfonamides is 1. The summed E-state index contributed by atoms with van der Waals surface area (Å²) < 4.78 is 42.6. The van der Waals surface area contributed by atoms with E-state index in [1.807, 2.05) is 47.6 Å². The maximum Gasteiger partial charge on any atom is 0.253 e. The van der Waals surface area contributed by atoms with E-state index < -0.39 is 27.6 Å². The number of fused-ring (bicyclic) bond motifs is 1. The van der Waals surface area contributed by atoms with Gasteiger partial charge < -0.3 is 9.80 Å². The average Bonchev–Trinajstić information content (AvgIpc) is 3.54. The molecule has 0 radical (unpaired) electrons. The first kappa shape index (κ1) is 26.0. The first-order valence-electron chi connectivity index (χ1n) is 13.6. The van der Waals surface area contributed by atoms with Gasteiger partial charge in [-0.1, -0.05) is 24.3 Å². The molecule has 2 saturated heterocycles. The lowest BCUT2D eigenvalue weighted by atomic mass is 9.77. The third kappa shape index (κ3) is 5.43. The monoisotopic (exact) mass is 548 g/mol. The van der Waals surface area contributed by atoms with Crippen LogP contribution in [0.2, 0.25) is 0 Å². The first-order chi connectivity index (χ1) is 18.8. The standard InChI is InChI=1S/C30H33FN4O3S/c31-27-4-2-1-3-24(27)20-39(37,38)33-28-8-7-22-5-6-23(19-26(22)28)29(36)35-18-13-30(21-35)11-16-34(17-12-30)25-9-14-32-15-10-25/h1-6,9-10,14-15,19,28,33H,7-8,11-13,16-18,20-21H2. The molecule has 1 spiro atoms. The molecule has 3 aliphatic rings. The predicted octanol–water partition coefficient (Wildman–Crippen LogP) is 4.46. The molecule has 1 amide bonds. The maximum atomic E-state index is 14.1. The molecule has 0 bridgehead atoms. The van der Waals surface area contributed by atoms with Crippen molar-refractivity contribution in [3.8, 4) is 0 Å². The molecule has 2 aromatic carbocycles. The fraction of sp³-hybridized carbons (Fsp3) is 0.400. The van der Waals surface area contributed by atoms with Crippen LogP contribution in [0.4, 0.5) is 10.1 Å². The van der Waals surface area contributed by atoms with E-state index in [0.717, 1.165) is 63.0 Å². The quantitative estimate of drug-likeness (QED) is 0.492. The number of benzene rings is 2. The molecule has 1 N–H and O–H groups in total. The van der Waals surface area contributed by atoms with Crippen LogP contribution in [-0.2, 0) is 22.2 Å². The molecule has 39 heavy (non-hydrogen) atoms. The van der Waals surface area contributed by atoms with E-state index in [-0.39, 0.29) is 16.9 Å². The average molecular weight is 549 g/mol. The van der Waals surface area contributed by atoms with E-state index in [1.54, 1.807) is 12.1 Å². The number of amides is 1. The predicted molar refractivity (Wildman–Crippen MR) is 148 cm³/mol. The lowest BCUT2D eigenvalue weighted by molar-refractivity contribution is 0.0764. The van der Waals surface area contributed by atoms with Gasteiger partial charge in [0.1, 0.15) is 5.82 Å². The van der Waals surface area contributed by atoms with Crippen LogP contribution in [0.3, 0.4) is 0 Å². The van der Waals surface area contributed by atoms with Gasteiger partial charge in [0.2, 0.25) is 10.0 Å². The van der Waals surface area contributed by atoms with Crippen LogP contribution in [0.1, 0.15) is 58.8 Å². The van der Waals surface area contributed by atoms with Gasteiger partial charge in [-0.15, -0.1) is 0 Å². The number of likely N-dealkylation sites (tertiary alicyclic amines) is 1. The minimum Gasteiger partial charge on any atom is -0.371 e. The van der Waals surface area contributed by atoms with E-state index in [1.165, 1.54) is 17.8 Å². The Balaban J connectivity index is 1.11. The second kappa shape index (κ2) is 10.4. The van der Waals surface area contributed by atoms with Crippen LogP contribution < -0.4 is 9.62 Å². The van der Waals surface area contributed by atoms with Gasteiger partial charge in [-0.25, -0.2) is 17.5 Å². The summed E-state index contributed by atoms with van der Waals surface area (Å²) in [7, 11) is -3.77. The second-order valence-electron chi connectivity index (χ2n) is 11.1. The summed E-state index contributed by atoms with van der Waals surface area (Å²) in [6.07, 6.45) is 8.11. The number of nitrogens with zero attached hydrogens (tertiary/aromatic N) is 3. The SMILES string of the molecule is O=C(c1ccc2c(c1)C(NS(=O)(=O)Cc1ccccc1F)CC2)N1CCC2(CCN(c3ccncc3)CC2)C1. The number of aryl methyl sites for hydroxylation is 1. The van der Waals surface area contributed by atoms with Crippen molar-refractivity contribution < 1.29 is 17.6 Å². The molecule has 9 heteroatoms. The van der Waals surface area contributed by atoms with Crippen molar-refractivity contribution in [1.82, 2.24) is 14.6 Å². The van der Waals surface area contributed by atoms with Crippen LogP contribution >= 0.6 is 0 Å². The lowest BCUT2D eigenvalue weighted by Gasteiger charge is -2.40. The van der Waals surface area contributed by atoms with Gasteiger partial charge in [-0.3, -0.25) is 9.78 Å². The Morgan fingerprint density at radius 3 is 2.54 bits per heavy atom. The fourth-order valence-corrected chi connectivity index (χ4v) is 7.83. The van der Waals surface area contributed by atoms with Crippen LogP contribution in [0.25, 0.3) is 0 Å². The molecular formula is C30H33FN4O3S. The fourth-order valence-electron chi connectivity index (χ4n) is 6.43. The summed E-state index contributed by atoms with van der Waals surface area (Å²) in [5, 5.41) is 0. The molecule has 1 aromatic heterocycles. The van der Waals surface area contributed by atoms with Gasteiger partial charge in [0.25, 0.3) is 5.91 Å². The largest absolute Gasteiger partial charge is 0.371 e. The number of aromatic nitrogens is 1. The maximum absolute atomic E-state index is 14.1. The second-order valence-corrected chi connectivity index (χ2v) is 12.9. The Hall–Kier alpha value is -3.30. The Bertz CT molecular complexity index is 1470. The van der Waals surface area contributed by atoms with Crippen LogP contribution in [0, 0.1) is 11.2 Å². The van der Waals surface area contributed by atoms with Crippen LogP contribution in [0.5, 0.6) is 0 Å². The first-order valence-corrected chi connectivity index (χ1v) is 15.3. The number of carbonyl (C=O) groups excluding carboxylic acids is 1. The smallest absolute Gasteiger partial charge is 0.253 e. The van der Waals surface area contributed by atoms with E-state index in [9.17, 15) is 17.6 Å². The van der Waals surface area contributed by atoms with Crippen molar-refractivity contribution in [3.63, 3.8) is 0 Å². The molecule has 2 aliphatic heterocycles. The zero-order valence-electron chi connectivity index (χ0n) is 21.9. The highest BCUT2D eigenvalue weighted by Crippen LogP contribution is 2.42. The zero-order valence-corrected chi connectivity index (χ0v) is 22.7. The normalized spacial score (nSPS) is 20.4. The topological polar surface area (TPSA) is 82.6 Å². The van der Waals surface area contributed by atoms with Gasteiger partial charge in [0.05, 0.1) is 5.75 Å². The zero-order chi connectivity index (χ0) is 27.0. The minimum absolute atomic E-state index is 0.00565. The van der Waals surface area contributed by atoms with E-state index in [4.69, 9.17) is 0 Å². The van der Waals surface area contributed by atoms with Crippen molar-refractivity contribution in [1.29, 1.82) is 0 Å². The third-order valence-corrected chi connectivity index (χ3v) is 10.0. The number of pyridine rings is 1. The third-order valence-electron chi connectivity index (χ3n) is 8.67. The summed E-state index contributed by atoms with van der Waals surface area (Å²) in [4.78, 5) is 22.0. The number of hydrogen-bond donors (Lipinski definition) is 1. The number of halogens is 1. The number of anilines is 1. The Morgan fingerprint density at radius 2 is 1.77 bits per heavy atom. The summed E-state index contributed by atoms with van der Waals surface area (Å²) in [5.41, 5.74) is 3.98. The van der Waals surface area contributed by atoms with Crippen molar-refractivity contribution in [2.24, 2.45) is 5.41 Å². The molecule has 1 atom stereocenters. The molecule has 7 nitrogen and oxygen atoms in total. The highest BCUT2D eigenvalue weighted by Gasteiger charge is 2.42. The number of rotatable bonds is 6. The van der Waals surface area contributed by atoms with Crippen LogP contribution in [0.15, 0.2) is 67.0 Å². The van der Waals surface area contributed by atoms with Crippen molar-refractivity contribution >= 4 is 21.6 Å². The number of hydrogen-bond acceptors (Lipinski definition) is 5. The van der Waals surface area contributed by atoms with Gasteiger partial charge in [0, 0.05) is 61.4 Å². The molecule has 6 rings (SSSR count). The lowest BCUT2D eigenvalue weighted by Crippen LogP contribution is -2.42. The van der Waals surface area contributed by atoms with Crippen molar-refractivity contribution in [3.05, 3.63) is 95.1 Å². The van der Waals surface area contributed by atoms with Gasteiger partial charge in [0.15, 0.2) is 0 Å². The van der Waals surface area contributed by atoms with E-state index in [0.29, 0.717) is 12.0 Å². The Kier molecular flexibility index (Phi) is 6.89. The van der Waals surface area contributed by atoms with E-state index >= 15 is 0 Å². The highest BCUT2D eigenvalue weighted by atomic mass is 32.2. The summed E-state index contributed by atoms with van der Waals surface area (Å²) in [6.45, 7) is 3.44. The van der Waals surface area contributed by atoms with Crippen LogP contribution in [-0.4, -0.2) is 50.4 Å². The Labute approximate surface area is 229 Å². The van der Waals surface area contributed by atoms with Gasteiger partial charge in [-0.05, 0) is 79.0 Å². The molecule has 3 aromatic rings. The summed E-state index contributed by atoms with van der Waals surface area (Å²) >= 11 is 0. The highest BCUT2D eigenvalue weighted by molar-refractivity contribution is 7.88. The number of nitrogens with one attached hydrogen (secondary N) is 1. The molecular weight excluding hydrogens is 515 g/mol. The summed E-state index contributed by atoms with van der Waals surface area (Å²) in [6, 6.07) is 15.3. The number of carbonyl (C=O) groups is 1. The van der Waals surface area contributed by atoms with E-state index in [2.05, 4.69) is 14.6 Å². The molecule has 0 saturated carbocycles. The van der Waals surface area contributed by atoms with Crippen molar-refractivity contribution in [2.75, 3.05) is 31.1 Å². The van der Waals surface area contributed by atoms with Gasteiger partial charge in [-0.2, -0.15) is 0 Å². The molecule has 204 valence electrons. The van der Waals surface area contributed by atoms with Crippen molar-refractivity contribution in [2.45, 2.75) is 43.9 Å². The number of piperidine rings is 1. The molecule has 1 unspecified atom stereocenters. The summed E-state index contributed by atoms with van der Waals surface area (Å²) in [5.74, 6) is -0.946. The Morgan fingerprint density at radius 1 is 1.03 bits per heavy atom. The van der Waals surface area contributed by atoms with Gasteiger partial charge >= 0.3 is 0 Å². The molecule has 3 heterocycles.